The average molecular weight is 284 g/mol. The topological polar surface area (TPSA) is 52.3 Å². The van der Waals surface area contributed by atoms with E-state index in [0.717, 1.165) is 12.8 Å². The first kappa shape index (κ1) is 15.8. The van der Waals surface area contributed by atoms with E-state index in [9.17, 15) is 4.79 Å². The van der Waals surface area contributed by atoms with Crippen LogP contribution in [0.25, 0.3) is 0 Å². The van der Waals surface area contributed by atoms with Crippen molar-refractivity contribution in [2.45, 2.75) is 45.4 Å². The van der Waals surface area contributed by atoms with Gasteiger partial charge in [0, 0.05) is 10.7 Å². The summed E-state index contributed by atoms with van der Waals surface area (Å²) in [6.45, 7) is 2.63. The number of nitrogens with two attached hydrogens (primary N) is 1. The summed E-state index contributed by atoms with van der Waals surface area (Å²) < 4.78 is 5.19. The molecule has 0 fully saturated rings. The zero-order chi connectivity index (χ0) is 14.1. The lowest BCUT2D eigenvalue weighted by Crippen LogP contribution is -2.09. The van der Waals surface area contributed by atoms with Gasteiger partial charge >= 0.3 is 5.97 Å². The number of hydrogen-bond acceptors (Lipinski definition) is 3. The Hall–Kier alpha value is -1.22. The number of halogens is 1. The van der Waals surface area contributed by atoms with Crippen LogP contribution in [0.3, 0.4) is 0 Å². The van der Waals surface area contributed by atoms with Crippen LogP contribution in [-0.2, 0) is 4.74 Å². The summed E-state index contributed by atoms with van der Waals surface area (Å²) in [6.07, 6.45) is 6.96. The summed E-state index contributed by atoms with van der Waals surface area (Å²) in [7, 11) is 0. The van der Waals surface area contributed by atoms with Gasteiger partial charge in [-0.3, -0.25) is 0 Å². The molecule has 0 amide bonds. The summed E-state index contributed by atoms with van der Waals surface area (Å²) in [5.74, 6) is -0.395. The molecule has 0 saturated carbocycles. The molecule has 1 rings (SSSR count). The number of carbonyl (C=O) groups excluding carboxylic acids is 1. The molecule has 0 saturated heterocycles. The van der Waals surface area contributed by atoms with Crippen molar-refractivity contribution in [2.75, 3.05) is 12.3 Å². The highest BCUT2D eigenvalue weighted by molar-refractivity contribution is 6.31. The summed E-state index contributed by atoms with van der Waals surface area (Å²) in [6, 6.07) is 4.81. The van der Waals surface area contributed by atoms with Crippen molar-refractivity contribution >= 4 is 23.3 Å². The Morgan fingerprint density at radius 3 is 2.63 bits per heavy atom. The maximum atomic E-state index is 11.8. The number of unbranched alkanes of at least 4 members (excludes halogenated alkanes) is 5. The molecule has 1 aromatic carbocycles. The van der Waals surface area contributed by atoms with E-state index in [1.165, 1.54) is 25.7 Å². The molecule has 0 spiro atoms. The van der Waals surface area contributed by atoms with E-state index in [-0.39, 0.29) is 0 Å². The molecule has 0 aliphatic rings. The van der Waals surface area contributed by atoms with Crippen LogP contribution in [0.1, 0.15) is 55.8 Å². The molecule has 0 bridgehead atoms. The van der Waals surface area contributed by atoms with Crippen LogP contribution >= 0.6 is 11.6 Å². The van der Waals surface area contributed by atoms with Gasteiger partial charge in [0.15, 0.2) is 0 Å². The van der Waals surface area contributed by atoms with Crippen molar-refractivity contribution in [3.05, 3.63) is 28.8 Å². The van der Waals surface area contributed by atoms with Gasteiger partial charge in [-0.1, -0.05) is 50.6 Å². The van der Waals surface area contributed by atoms with E-state index in [2.05, 4.69) is 6.92 Å². The van der Waals surface area contributed by atoms with Crippen LogP contribution < -0.4 is 5.73 Å². The first-order valence-corrected chi connectivity index (χ1v) is 7.25. The molecule has 19 heavy (non-hydrogen) atoms. The van der Waals surface area contributed by atoms with Crippen molar-refractivity contribution in [3.63, 3.8) is 0 Å². The maximum Gasteiger partial charge on any atom is 0.340 e. The first-order valence-electron chi connectivity index (χ1n) is 6.87. The molecule has 3 nitrogen and oxygen atoms in total. The molecule has 0 atom stereocenters. The number of rotatable bonds is 8. The highest BCUT2D eigenvalue weighted by Crippen LogP contribution is 2.18. The molecule has 0 radical (unpaired) electrons. The van der Waals surface area contributed by atoms with Crippen LogP contribution in [0.4, 0.5) is 5.69 Å². The first-order chi connectivity index (χ1) is 9.15. The zero-order valence-corrected chi connectivity index (χ0v) is 12.2. The normalized spacial score (nSPS) is 10.4. The Balaban J connectivity index is 2.26. The maximum absolute atomic E-state index is 11.8. The van der Waals surface area contributed by atoms with Crippen molar-refractivity contribution in [1.82, 2.24) is 0 Å². The number of benzene rings is 1. The lowest BCUT2D eigenvalue weighted by Gasteiger charge is -2.07. The Bertz CT molecular complexity index is 407. The molecule has 0 unspecified atom stereocenters. The minimum absolute atomic E-state index is 0.346. The summed E-state index contributed by atoms with van der Waals surface area (Å²) in [5, 5.41) is 0.487. The van der Waals surface area contributed by atoms with Gasteiger partial charge in [0.25, 0.3) is 0 Å². The van der Waals surface area contributed by atoms with E-state index in [0.29, 0.717) is 22.9 Å². The smallest absolute Gasteiger partial charge is 0.340 e. The molecular formula is C15H22ClNO2. The van der Waals surface area contributed by atoms with Gasteiger partial charge in [-0.2, -0.15) is 0 Å². The second-order valence-electron chi connectivity index (χ2n) is 4.64. The number of carbonyl (C=O) groups is 1. The minimum Gasteiger partial charge on any atom is -0.462 e. The molecule has 1 aromatic rings. The fourth-order valence-electron chi connectivity index (χ4n) is 1.83. The quantitative estimate of drug-likeness (QED) is 0.436. The van der Waals surface area contributed by atoms with Gasteiger partial charge in [0.1, 0.15) is 0 Å². The standard InChI is InChI=1S/C15H22ClNO2/c1-2-3-4-5-6-7-10-19-15(18)13-11-12(16)8-9-14(13)17/h8-9,11H,2-7,10,17H2,1H3. The van der Waals surface area contributed by atoms with Gasteiger partial charge in [0.2, 0.25) is 0 Å². The number of esters is 1. The van der Waals surface area contributed by atoms with Gasteiger partial charge in [0.05, 0.1) is 12.2 Å². The predicted molar refractivity (Wildman–Crippen MR) is 79.5 cm³/mol. The molecular weight excluding hydrogens is 262 g/mol. The van der Waals surface area contributed by atoms with Crippen LogP contribution in [0.5, 0.6) is 0 Å². The molecule has 0 aliphatic heterocycles. The Morgan fingerprint density at radius 2 is 1.89 bits per heavy atom. The van der Waals surface area contributed by atoms with Crippen molar-refractivity contribution in [3.8, 4) is 0 Å². The van der Waals surface area contributed by atoms with Crippen molar-refractivity contribution in [2.24, 2.45) is 0 Å². The third kappa shape index (κ3) is 5.97. The van der Waals surface area contributed by atoms with Crippen molar-refractivity contribution in [1.29, 1.82) is 0 Å². The van der Waals surface area contributed by atoms with E-state index in [1.54, 1.807) is 18.2 Å². The van der Waals surface area contributed by atoms with Gasteiger partial charge in [-0.15, -0.1) is 0 Å². The van der Waals surface area contributed by atoms with E-state index >= 15 is 0 Å². The molecule has 0 aromatic heterocycles. The van der Waals surface area contributed by atoms with Gasteiger partial charge < -0.3 is 10.5 Å². The lowest BCUT2D eigenvalue weighted by molar-refractivity contribution is 0.0499. The second-order valence-corrected chi connectivity index (χ2v) is 5.07. The van der Waals surface area contributed by atoms with E-state index in [1.807, 2.05) is 0 Å². The average Bonchev–Trinajstić information content (AvgIpc) is 2.40. The monoisotopic (exact) mass is 283 g/mol. The molecule has 0 aliphatic carbocycles. The Morgan fingerprint density at radius 1 is 1.21 bits per heavy atom. The Labute approximate surface area is 120 Å². The third-order valence-electron chi connectivity index (χ3n) is 2.97. The zero-order valence-electron chi connectivity index (χ0n) is 11.5. The van der Waals surface area contributed by atoms with E-state index < -0.39 is 5.97 Å². The van der Waals surface area contributed by atoms with Crippen LogP contribution in [0.2, 0.25) is 5.02 Å². The third-order valence-corrected chi connectivity index (χ3v) is 3.20. The molecule has 106 valence electrons. The summed E-state index contributed by atoms with van der Waals surface area (Å²) in [5.41, 5.74) is 6.46. The highest BCUT2D eigenvalue weighted by atomic mass is 35.5. The number of nitrogen functional groups attached to an aromatic ring is 1. The second kappa shape index (κ2) is 8.81. The largest absolute Gasteiger partial charge is 0.462 e. The highest BCUT2D eigenvalue weighted by Gasteiger charge is 2.11. The number of ether oxygens (including phenoxy) is 1. The lowest BCUT2D eigenvalue weighted by atomic mass is 10.1. The van der Waals surface area contributed by atoms with Crippen LogP contribution in [0.15, 0.2) is 18.2 Å². The SMILES string of the molecule is CCCCCCCCOC(=O)c1cc(Cl)ccc1N. The minimum atomic E-state index is -0.395. The Kier molecular flexibility index (Phi) is 7.34. The molecule has 0 heterocycles. The van der Waals surface area contributed by atoms with Gasteiger partial charge in [-0.25, -0.2) is 4.79 Å². The number of anilines is 1. The van der Waals surface area contributed by atoms with Gasteiger partial charge in [-0.05, 0) is 24.6 Å². The fourth-order valence-corrected chi connectivity index (χ4v) is 2.00. The van der Waals surface area contributed by atoms with Crippen LogP contribution in [0, 0.1) is 0 Å². The fraction of sp³-hybridized carbons (Fsp3) is 0.533. The van der Waals surface area contributed by atoms with Crippen molar-refractivity contribution < 1.29 is 9.53 Å². The van der Waals surface area contributed by atoms with E-state index in [4.69, 9.17) is 22.1 Å². The molecule has 4 heteroatoms. The van der Waals surface area contributed by atoms with Crippen LogP contribution in [-0.4, -0.2) is 12.6 Å². The molecule has 2 N–H and O–H groups in total. The number of hydrogen-bond donors (Lipinski definition) is 1. The summed E-state index contributed by atoms with van der Waals surface area (Å²) >= 11 is 5.83. The predicted octanol–water partition coefficient (Wildman–Crippen LogP) is 4.44. The summed E-state index contributed by atoms with van der Waals surface area (Å²) in [4.78, 5) is 11.8.